The van der Waals surface area contributed by atoms with Gasteiger partial charge in [0.25, 0.3) is 0 Å². The first-order valence-electron chi connectivity index (χ1n) is 4.51. The Labute approximate surface area is 73.2 Å². The lowest BCUT2D eigenvalue weighted by Gasteiger charge is -2.36. The number of amides is 1. The standard InChI is InChI=1S/C9H17NO2/c1-7(11)6-10-8(12)9(2)4-3-5-9/h7,11H,3-6H2,1-2H3,(H,10,12)/t7-/m0/s1. The molecule has 0 aliphatic heterocycles. The molecule has 0 saturated heterocycles. The summed E-state index contributed by atoms with van der Waals surface area (Å²) in [6.07, 6.45) is 2.67. The molecule has 12 heavy (non-hydrogen) atoms. The fourth-order valence-electron chi connectivity index (χ4n) is 1.39. The summed E-state index contributed by atoms with van der Waals surface area (Å²) >= 11 is 0. The van der Waals surface area contributed by atoms with Crippen LogP contribution in [0.15, 0.2) is 0 Å². The first-order chi connectivity index (χ1) is 5.54. The molecule has 1 amide bonds. The van der Waals surface area contributed by atoms with Crippen LogP contribution in [-0.4, -0.2) is 23.7 Å². The van der Waals surface area contributed by atoms with Crippen LogP contribution in [0.1, 0.15) is 33.1 Å². The molecule has 3 heteroatoms. The Hall–Kier alpha value is -0.570. The number of hydrogen-bond donors (Lipinski definition) is 2. The SMILES string of the molecule is C[C@H](O)CNC(=O)C1(C)CCC1. The van der Waals surface area contributed by atoms with E-state index in [0.717, 1.165) is 19.3 Å². The van der Waals surface area contributed by atoms with Gasteiger partial charge in [0.05, 0.1) is 6.10 Å². The van der Waals surface area contributed by atoms with Gasteiger partial charge >= 0.3 is 0 Å². The minimum absolute atomic E-state index is 0.0923. The van der Waals surface area contributed by atoms with E-state index in [-0.39, 0.29) is 11.3 Å². The minimum atomic E-state index is -0.447. The molecular weight excluding hydrogens is 154 g/mol. The highest BCUT2D eigenvalue weighted by atomic mass is 16.3. The van der Waals surface area contributed by atoms with Crippen LogP contribution in [0, 0.1) is 5.41 Å². The van der Waals surface area contributed by atoms with Crippen LogP contribution in [-0.2, 0) is 4.79 Å². The van der Waals surface area contributed by atoms with Gasteiger partial charge in [-0.25, -0.2) is 0 Å². The van der Waals surface area contributed by atoms with Gasteiger partial charge < -0.3 is 10.4 Å². The van der Waals surface area contributed by atoms with Gasteiger partial charge in [-0.3, -0.25) is 4.79 Å². The molecule has 1 rings (SSSR count). The molecule has 1 aliphatic rings. The Balaban J connectivity index is 2.28. The molecule has 0 aromatic heterocycles. The number of nitrogens with one attached hydrogen (secondary N) is 1. The quantitative estimate of drug-likeness (QED) is 0.656. The van der Waals surface area contributed by atoms with E-state index in [9.17, 15) is 4.79 Å². The molecule has 0 heterocycles. The van der Waals surface area contributed by atoms with Crippen molar-refractivity contribution in [2.24, 2.45) is 5.41 Å². The molecular formula is C9H17NO2. The Morgan fingerprint density at radius 3 is 2.58 bits per heavy atom. The zero-order valence-corrected chi connectivity index (χ0v) is 7.76. The molecule has 0 radical (unpaired) electrons. The molecule has 0 aromatic carbocycles. The van der Waals surface area contributed by atoms with E-state index < -0.39 is 6.10 Å². The molecule has 0 bridgehead atoms. The maximum Gasteiger partial charge on any atom is 0.226 e. The van der Waals surface area contributed by atoms with Gasteiger partial charge in [-0.1, -0.05) is 13.3 Å². The Kier molecular flexibility index (Phi) is 2.73. The van der Waals surface area contributed by atoms with Crippen molar-refractivity contribution in [1.82, 2.24) is 5.32 Å². The summed E-state index contributed by atoms with van der Waals surface area (Å²) in [4.78, 5) is 11.4. The molecule has 1 fully saturated rings. The van der Waals surface area contributed by atoms with Crippen LogP contribution >= 0.6 is 0 Å². The van der Waals surface area contributed by atoms with E-state index in [4.69, 9.17) is 5.11 Å². The number of aliphatic hydroxyl groups is 1. The lowest BCUT2D eigenvalue weighted by molar-refractivity contribution is -0.134. The fraction of sp³-hybridized carbons (Fsp3) is 0.889. The smallest absolute Gasteiger partial charge is 0.226 e. The monoisotopic (exact) mass is 171 g/mol. The Bertz CT molecular complexity index is 173. The van der Waals surface area contributed by atoms with E-state index in [2.05, 4.69) is 5.32 Å². The summed E-state index contributed by atoms with van der Waals surface area (Å²) < 4.78 is 0. The average molecular weight is 171 g/mol. The zero-order valence-electron chi connectivity index (χ0n) is 7.76. The average Bonchev–Trinajstić information content (AvgIpc) is 1.95. The minimum Gasteiger partial charge on any atom is -0.392 e. The second-order valence-corrected chi connectivity index (χ2v) is 3.97. The summed E-state index contributed by atoms with van der Waals surface area (Å²) in [5, 5.41) is 11.7. The third kappa shape index (κ3) is 1.97. The van der Waals surface area contributed by atoms with Crippen LogP contribution in [0.2, 0.25) is 0 Å². The number of carbonyl (C=O) groups excluding carboxylic acids is 1. The van der Waals surface area contributed by atoms with Crippen LogP contribution in [0.3, 0.4) is 0 Å². The van der Waals surface area contributed by atoms with Crippen LogP contribution in [0.4, 0.5) is 0 Å². The van der Waals surface area contributed by atoms with E-state index in [1.165, 1.54) is 0 Å². The van der Waals surface area contributed by atoms with Gasteiger partial charge in [0.2, 0.25) is 5.91 Å². The predicted molar refractivity (Wildman–Crippen MR) is 46.6 cm³/mol. The van der Waals surface area contributed by atoms with Crippen molar-refractivity contribution in [3.63, 3.8) is 0 Å². The highest BCUT2D eigenvalue weighted by molar-refractivity contribution is 5.83. The lowest BCUT2D eigenvalue weighted by atomic mass is 9.70. The third-order valence-electron chi connectivity index (χ3n) is 2.56. The molecule has 0 aromatic rings. The van der Waals surface area contributed by atoms with Crippen molar-refractivity contribution in [2.45, 2.75) is 39.2 Å². The maximum atomic E-state index is 11.4. The molecule has 1 atom stereocenters. The van der Waals surface area contributed by atoms with Crippen LogP contribution in [0.25, 0.3) is 0 Å². The van der Waals surface area contributed by atoms with Crippen molar-refractivity contribution in [1.29, 1.82) is 0 Å². The molecule has 3 nitrogen and oxygen atoms in total. The third-order valence-corrected chi connectivity index (χ3v) is 2.56. The summed E-state index contributed by atoms with van der Waals surface area (Å²) in [5.74, 6) is 0.0923. The molecule has 1 saturated carbocycles. The number of aliphatic hydroxyl groups excluding tert-OH is 1. The predicted octanol–water partition coefficient (Wildman–Crippen LogP) is 0.674. The van der Waals surface area contributed by atoms with Crippen molar-refractivity contribution < 1.29 is 9.90 Å². The first kappa shape index (κ1) is 9.52. The molecule has 0 unspecified atom stereocenters. The van der Waals surface area contributed by atoms with Crippen molar-refractivity contribution in [3.05, 3.63) is 0 Å². The molecule has 70 valence electrons. The fourth-order valence-corrected chi connectivity index (χ4v) is 1.39. The summed E-state index contributed by atoms with van der Waals surface area (Å²) in [7, 11) is 0. The van der Waals surface area contributed by atoms with E-state index in [1.54, 1.807) is 6.92 Å². The first-order valence-corrected chi connectivity index (χ1v) is 4.51. The second kappa shape index (κ2) is 3.44. The summed E-state index contributed by atoms with van der Waals surface area (Å²) in [5.41, 5.74) is -0.144. The van der Waals surface area contributed by atoms with Crippen molar-refractivity contribution in [2.75, 3.05) is 6.54 Å². The highest BCUT2D eigenvalue weighted by Gasteiger charge is 2.38. The van der Waals surface area contributed by atoms with Gasteiger partial charge in [-0.05, 0) is 19.8 Å². The Morgan fingerprint density at radius 2 is 2.25 bits per heavy atom. The van der Waals surface area contributed by atoms with E-state index >= 15 is 0 Å². The number of carbonyl (C=O) groups is 1. The number of hydrogen-bond acceptors (Lipinski definition) is 2. The largest absolute Gasteiger partial charge is 0.392 e. The normalized spacial score (nSPS) is 22.6. The maximum absolute atomic E-state index is 11.4. The van der Waals surface area contributed by atoms with Crippen molar-refractivity contribution >= 4 is 5.91 Å². The van der Waals surface area contributed by atoms with Gasteiger partial charge in [0, 0.05) is 12.0 Å². The molecule has 0 spiro atoms. The van der Waals surface area contributed by atoms with Gasteiger partial charge in [-0.15, -0.1) is 0 Å². The molecule has 2 N–H and O–H groups in total. The van der Waals surface area contributed by atoms with E-state index in [1.807, 2.05) is 6.92 Å². The summed E-state index contributed by atoms with van der Waals surface area (Å²) in [6, 6.07) is 0. The lowest BCUT2D eigenvalue weighted by Crippen LogP contribution is -2.45. The van der Waals surface area contributed by atoms with Gasteiger partial charge in [0.1, 0.15) is 0 Å². The van der Waals surface area contributed by atoms with Gasteiger partial charge in [0.15, 0.2) is 0 Å². The van der Waals surface area contributed by atoms with Crippen LogP contribution in [0.5, 0.6) is 0 Å². The second-order valence-electron chi connectivity index (χ2n) is 3.97. The zero-order chi connectivity index (χ0) is 9.19. The van der Waals surface area contributed by atoms with Gasteiger partial charge in [-0.2, -0.15) is 0 Å². The summed E-state index contributed by atoms with van der Waals surface area (Å²) in [6.45, 7) is 4.02. The van der Waals surface area contributed by atoms with E-state index in [0.29, 0.717) is 6.54 Å². The molecule has 1 aliphatic carbocycles. The van der Waals surface area contributed by atoms with Crippen molar-refractivity contribution in [3.8, 4) is 0 Å². The van der Waals surface area contributed by atoms with Crippen LogP contribution < -0.4 is 5.32 Å². The highest BCUT2D eigenvalue weighted by Crippen LogP contribution is 2.40. The number of rotatable bonds is 3. The topological polar surface area (TPSA) is 49.3 Å². The Morgan fingerprint density at radius 1 is 1.67 bits per heavy atom.